The van der Waals surface area contributed by atoms with Crippen molar-refractivity contribution in [2.24, 2.45) is 11.8 Å². The number of amides is 1. The topological polar surface area (TPSA) is 54.5 Å². The van der Waals surface area contributed by atoms with Crippen LogP contribution in [0.4, 0.5) is 0 Å². The summed E-state index contributed by atoms with van der Waals surface area (Å²) in [7, 11) is 0. The lowest BCUT2D eigenvalue weighted by atomic mass is 9.87. The van der Waals surface area contributed by atoms with Gasteiger partial charge in [0.1, 0.15) is 5.75 Å². The normalized spacial score (nSPS) is 22.1. The molecular weight excluding hydrogens is 362 g/mol. The van der Waals surface area contributed by atoms with Gasteiger partial charge in [0.15, 0.2) is 0 Å². The molecule has 2 aliphatic heterocycles. The molecule has 2 fully saturated rings. The van der Waals surface area contributed by atoms with Gasteiger partial charge in [-0.15, -0.1) is 0 Å². The zero-order chi connectivity index (χ0) is 20.4. The van der Waals surface area contributed by atoms with E-state index in [2.05, 4.69) is 43.2 Å². The zero-order valence-corrected chi connectivity index (χ0v) is 17.6. The van der Waals surface area contributed by atoms with Crippen LogP contribution in [0.25, 0.3) is 0 Å². The molecule has 4 rings (SSSR count). The molecule has 2 saturated heterocycles. The molecule has 2 atom stereocenters. The first-order valence-corrected chi connectivity index (χ1v) is 10.6. The molecule has 0 bridgehead atoms. The maximum Gasteiger partial charge on any atom is 0.255 e. The van der Waals surface area contributed by atoms with Gasteiger partial charge in [-0.1, -0.05) is 32.9 Å². The fourth-order valence-corrected chi connectivity index (χ4v) is 4.31. The van der Waals surface area contributed by atoms with Gasteiger partial charge in [0, 0.05) is 25.4 Å². The summed E-state index contributed by atoms with van der Waals surface area (Å²) >= 11 is 0. The number of nitrogens with one attached hydrogen (secondary N) is 1. The Morgan fingerprint density at radius 1 is 1.03 bits per heavy atom. The Hall–Kier alpha value is -2.40. The van der Waals surface area contributed by atoms with Gasteiger partial charge in [-0.2, -0.15) is 0 Å². The van der Waals surface area contributed by atoms with E-state index >= 15 is 0 Å². The quantitative estimate of drug-likeness (QED) is 0.847. The predicted molar refractivity (Wildman–Crippen MR) is 114 cm³/mol. The summed E-state index contributed by atoms with van der Waals surface area (Å²) in [4.78, 5) is 19.3. The first kappa shape index (κ1) is 19.9. The lowest BCUT2D eigenvalue weighted by molar-refractivity contribution is 0.0758. The van der Waals surface area contributed by atoms with Gasteiger partial charge in [-0.05, 0) is 66.9 Å². The number of carbonyl (C=O) groups excluding carboxylic acids is 1. The third kappa shape index (κ3) is 4.61. The van der Waals surface area contributed by atoms with Crippen LogP contribution in [0.5, 0.6) is 11.6 Å². The SMILES string of the molecule is CC(C)(C)c1ccc(Oc2ccc(C(=O)N3CC[C@@H]4CNC[C@@H]4CC3)cn2)cc1. The lowest BCUT2D eigenvalue weighted by Crippen LogP contribution is -2.32. The van der Waals surface area contributed by atoms with Crippen molar-refractivity contribution in [3.8, 4) is 11.6 Å². The van der Waals surface area contributed by atoms with Crippen molar-refractivity contribution >= 4 is 5.91 Å². The molecule has 1 amide bonds. The Kier molecular flexibility index (Phi) is 5.59. The van der Waals surface area contributed by atoms with E-state index in [1.807, 2.05) is 23.1 Å². The number of carbonyl (C=O) groups is 1. The molecular formula is C24H31N3O2. The average molecular weight is 394 g/mol. The Morgan fingerprint density at radius 3 is 2.24 bits per heavy atom. The van der Waals surface area contributed by atoms with Crippen molar-refractivity contribution in [3.05, 3.63) is 53.7 Å². The zero-order valence-electron chi connectivity index (χ0n) is 17.6. The first-order chi connectivity index (χ1) is 13.9. The predicted octanol–water partition coefficient (Wildman–Crippen LogP) is 4.24. The molecule has 0 aliphatic carbocycles. The van der Waals surface area contributed by atoms with E-state index in [-0.39, 0.29) is 11.3 Å². The number of likely N-dealkylation sites (tertiary alicyclic amines) is 1. The first-order valence-electron chi connectivity index (χ1n) is 10.6. The fraction of sp³-hybridized carbons (Fsp3) is 0.500. The Labute approximate surface area is 173 Å². The number of benzene rings is 1. The van der Waals surface area contributed by atoms with Crippen molar-refractivity contribution in [1.29, 1.82) is 0 Å². The molecule has 0 spiro atoms. The second-order valence-electron chi connectivity index (χ2n) is 9.31. The van der Waals surface area contributed by atoms with Crippen LogP contribution in [0.15, 0.2) is 42.6 Å². The standard InChI is InChI=1S/C24H31N3O2/c1-24(2,3)20-5-7-21(8-6-20)29-22-9-4-19(16-26-22)23(28)27-12-10-17-14-25-15-18(17)11-13-27/h4-9,16-18,25H,10-15H2,1-3H3/t17-,18+. The van der Waals surface area contributed by atoms with Crippen molar-refractivity contribution in [2.75, 3.05) is 26.2 Å². The van der Waals surface area contributed by atoms with E-state index in [0.717, 1.165) is 44.8 Å². The molecule has 5 heteroatoms. The monoisotopic (exact) mass is 393 g/mol. The Balaban J connectivity index is 1.38. The molecule has 1 aromatic carbocycles. The van der Waals surface area contributed by atoms with Crippen molar-refractivity contribution in [2.45, 2.75) is 39.0 Å². The molecule has 2 aliphatic rings. The molecule has 154 valence electrons. The molecule has 3 heterocycles. The van der Waals surface area contributed by atoms with Crippen LogP contribution in [0, 0.1) is 11.8 Å². The third-order valence-electron chi connectivity index (χ3n) is 6.23. The van der Waals surface area contributed by atoms with Crippen molar-refractivity contribution < 1.29 is 9.53 Å². The van der Waals surface area contributed by atoms with Crippen LogP contribution in [-0.4, -0.2) is 42.0 Å². The molecule has 1 aromatic heterocycles. The van der Waals surface area contributed by atoms with E-state index in [4.69, 9.17) is 4.74 Å². The summed E-state index contributed by atoms with van der Waals surface area (Å²) in [5.74, 6) is 2.75. The number of nitrogens with zero attached hydrogens (tertiary/aromatic N) is 2. The highest BCUT2D eigenvalue weighted by atomic mass is 16.5. The summed E-state index contributed by atoms with van der Waals surface area (Å²) in [6.07, 6.45) is 3.81. The van der Waals surface area contributed by atoms with Gasteiger partial charge >= 0.3 is 0 Å². The highest BCUT2D eigenvalue weighted by Gasteiger charge is 2.31. The highest BCUT2D eigenvalue weighted by Crippen LogP contribution is 2.28. The van der Waals surface area contributed by atoms with E-state index in [9.17, 15) is 4.79 Å². The number of rotatable bonds is 3. The number of fused-ring (bicyclic) bond motifs is 1. The minimum absolute atomic E-state index is 0.0755. The number of pyridine rings is 1. The summed E-state index contributed by atoms with van der Waals surface area (Å²) < 4.78 is 5.85. The van der Waals surface area contributed by atoms with E-state index < -0.39 is 0 Å². The van der Waals surface area contributed by atoms with Crippen LogP contribution in [0.1, 0.15) is 49.5 Å². The molecule has 1 N–H and O–H groups in total. The lowest BCUT2D eigenvalue weighted by Gasteiger charge is -2.21. The van der Waals surface area contributed by atoms with Crippen LogP contribution in [0.3, 0.4) is 0 Å². The van der Waals surface area contributed by atoms with Gasteiger partial charge in [-0.25, -0.2) is 4.98 Å². The van der Waals surface area contributed by atoms with Gasteiger partial charge in [-0.3, -0.25) is 4.79 Å². The molecule has 29 heavy (non-hydrogen) atoms. The second-order valence-corrected chi connectivity index (χ2v) is 9.31. The summed E-state index contributed by atoms with van der Waals surface area (Å²) in [5.41, 5.74) is 2.00. The third-order valence-corrected chi connectivity index (χ3v) is 6.23. The van der Waals surface area contributed by atoms with E-state index in [1.54, 1.807) is 12.3 Å². The maximum absolute atomic E-state index is 12.9. The average Bonchev–Trinajstić information content (AvgIpc) is 3.06. The van der Waals surface area contributed by atoms with Gasteiger partial charge in [0.2, 0.25) is 5.88 Å². The molecule has 2 aromatic rings. The van der Waals surface area contributed by atoms with Crippen LogP contribution in [0.2, 0.25) is 0 Å². The molecule has 0 saturated carbocycles. The van der Waals surface area contributed by atoms with E-state index in [0.29, 0.717) is 23.3 Å². The van der Waals surface area contributed by atoms with Crippen LogP contribution in [-0.2, 0) is 5.41 Å². The van der Waals surface area contributed by atoms with Gasteiger partial charge in [0.25, 0.3) is 5.91 Å². The van der Waals surface area contributed by atoms with Crippen molar-refractivity contribution in [1.82, 2.24) is 15.2 Å². The Bertz CT molecular complexity index is 826. The highest BCUT2D eigenvalue weighted by molar-refractivity contribution is 5.94. The number of aromatic nitrogens is 1. The molecule has 0 unspecified atom stereocenters. The largest absolute Gasteiger partial charge is 0.439 e. The molecule has 5 nitrogen and oxygen atoms in total. The number of hydrogen-bond donors (Lipinski definition) is 1. The number of ether oxygens (including phenoxy) is 1. The number of hydrogen-bond acceptors (Lipinski definition) is 4. The minimum Gasteiger partial charge on any atom is -0.439 e. The summed E-state index contributed by atoms with van der Waals surface area (Å²) in [6.45, 7) is 10.4. The maximum atomic E-state index is 12.9. The minimum atomic E-state index is 0.0755. The molecule has 0 radical (unpaired) electrons. The fourth-order valence-electron chi connectivity index (χ4n) is 4.31. The summed E-state index contributed by atoms with van der Waals surface area (Å²) in [5, 5.41) is 3.48. The van der Waals surface area contributed by atoms with Gasteiger partial charge in [0.05, 0.1) is 5.56 Å². The van der Waals surface area contributed by atoms with Crippen LogP contribution >= 0.6 is 0 Å². The van der Waals surface area contributed by atoms with Crippen LogP contribution < -0.4 is 10.1 Å². The Morgan fingerprint density at radius 2 is 1.69 bits per heavy atom. The van der Waals surface area contributed by atoms with E-state index in [1.165, 1.54) is 5.56 Å². The second kappa shape index (κ2) is 8.15. The van der Waals surface area contributed by atoms with Gasteiger partial charge < -0.3 is 15.0 Å². The smallest absolute Gasteiger partial charge is 0.255 e. The van der Waals surface area contributed by atoms with Crippen molar-refractivity contribution in [3.63, 3.8) is 0 Å². The summed E-state index contributed by atoms with van der Waals surface area (Å²) in [6, 6.07) is 11.7.